The molecule has 3 rings (SSSR count). The smallest absolute Gasteiger partial charge is 0.191 e. The molecular formula is C13H23N3OS. The number of ether oxygens (including phenoxy) is 1. The van der Waals surface area contributed by atoms with E-state index in [1.54, 1.807) is 0 Å². The molecule has 0 radical (unpaired) electrons. The van der Waals surface area contributed by atoms with Crippen LogP contribution in [0.4, 0.5) is 0 Å². The second kappa shape index (κ2) is 5.70. The molecule has 0 aromatic rings. The Kier molecular flexibility index (Phi) is 3.99. The quantitative estimate of drug-likeness (QED) is 0.839. The topological polar surface area (TPSA) is 50.8 Å². The highest BCUT2D eigenvalue weighted by atomic mass is 32.2. The molecule has 0 aromatic heterocycles. The summed E-state index contributed by atoms with van der Waals surface area (Å²) in [5.41, 5.74) is 6.07. The van der Waals surface area contributed by atoms with Gasteiger partial charge in [-0.15, -0.1) is 0 Å². The van der Waals surface area contributed by atoms with Crippen molar-refractivity contribution in [1.82, 2.24) is 4.90 Å². The van der Waals surface area contributed by atoms with Crippen molar-refractivity contribution in [2.75, 3.05) is 31.2 Å². The van der Waals surface area contributed by atoms with Crippen LogP contribution in [0.5, 0.6) is 0 Å². The molecule has 18 heavy (non-hydrogen) atoms. The van der Waals surface area contributed by atoms with Crippen LogP contribution in [0.3, 0.4) is 0 Å². The van der Waals surface area contributed by atoms with Crippen LogP contribution < -0.4 is 5.73 Å². The molecule has 5 heteroatoms. The first-order valence-electron chi connectivity index (χ1n) is 7.10. The predicted octanol–water partition coefficient (Wildman–Crippen LogP) is 1.31. The first kappa shape index (κ1) is 12.6. The van der Waals surface area contributed by atoms with Crippen molar-refractivity contribution in [3.63, 3.8) is 0 Å². The summed E-state index contributed by atoms with van der Waals surface area (Å²) in [6, 6.07) is 0.530. The van der Waals surface area contributed by atoms with Crippen LogP contribution in [-0.4, -0.2) is 54.2 Å². The van der Waals surface area contributed by atoms with Crippen molar-refractivity contribution >= 4 is 17.7 Å². The summed E-state index contributed by atoms with van der Waals surface area (Å²) in [4.78, 5) is 6.80. The summed E-state index contributed by atoms with van der Waals surface area (Å²) in [7, 11) is 0. The fraction of sp³-hybridized carbons (Fsp3) is 0.923. The van der Waals surface area contributed by atoms with Gasteiger partial charge in [-0.05, 0) is 43.1 Å². The second-order valence-corrected chi connectivity index (χ2v) is 6.68. The van der Waals surface area contributed by atoms with Crippen LogP contribution in [0.2, 0.25) is 0 Å². The van der Waals surface area contributed by atoms with Crippen LogP contribution >= 0.6 is 11.8 Å². The molecule has 0 aromatic carbocycles. The molecule has 2 fully saturated rings. The van der Waals surface area contributed by atoms with E-state index in [9.17, 15) is 0 Å². The molecule has 2 N–H and O–H groups in total. The SMILES string of the molecule is NC1=NCC(C2CCCSC2)N1CC1CCCO1. The van der Waals surface area contributed by atoms with Gasteiger partial charge in [0.1, 0.15) is 0 Å². The zero-order chi connectivity index (χ0) is 12.4. The number of rotatable bonds is 3. The first-order valence-corrected chi connectivity index (χ1v) is 8.26. The lowest BCUT2D eigenvalue weighted by molar-refractivity contribution is 0.0789. The zero-order valence-electron chi connectivity index (χ0n) is 10.9. The number of hydrogen-bond donors (Lipinski definition) is 1. The molecule has 2 saturated heterocycles. The lowest BCUT2D eigenvalue weighted by Gasteiger charge is -2.35. The van der Waals surface area contributed by atoms with E-state index in [0.717, 1.165) is 31.6 Å². The summed E-state index contributed by atoms with van der Waals surface area (Å²) < 4.78 is 5.74. The van der Waals surface area contributed by atoms with Crippen molar-refractivity contribution < 1.29 is 4.74 Å². The van der Waals surface area contributed by atoms with Gasteiger partial charge in [0.25, 0.3) is 0 Å². The Bertz CT molecular complexity index is 311. The fourth-order valence-corrected chi connectivity index (χ4v) is 4.48. The van der Waals surface area contributed by atoms with E-state index in [4.69, 9.17) is 10.5 Å². The van der Waals surface area contributed by atoms with Crippen LogP contribution in [0.15, 0.2) is 4.99 Å². The Balaban J connectivity index is 1.62. The van der Waals surface area contributed by atoms with Gasteiger partial charge in [-0.3, -0.25) is 4.99 Å². The monoisotopic (exact) mass is 269 g/mol. The van der Waals surface area contributed by atoms with Crippen LogP contribution in [0.25, 0.3) is 0 Å². The van der Waals surface area contributed by atoms with Crippen LogP contribution in [0, 0.1) is 5.92 Å². The van der Waals surface area contributed by atoms with Gasteiger partial charge >= 0.3 is 0 Å². The van der Waals surface area contributed by atoms with Gasteiger partial charge in [0.05, 0.1) is 18.7 Å². The largest absolute Gasteiger partial charge is 0.376 e. The number of aliphatic imine (C=N–C) groups is 1. The van der Waals surface area contributed by atoms with E-state index < -0.39 is 0 Å². The molecule has 3 heterocycles. The third-order valence-electron chi connectivity index (χ3n) is 4.30. The van der Waals surface area contributed by atoms with Crippen molar-refractivity contribution in [2.24, 2.45) is 16.6 Å². The van der Waals surface area contributed by atoms with Crippen molar-refractivity contribution in [2.45, 2.75) is 37.8 Å². The fourth-order valence-electron chi connectivity index (χ4n) is 3.26. The summed E-state index contributed by atoms with van der Waals surface area (Å²) in [6.07, 6.45) is 5.42. The van der Waals surface area contributed by atoms with Gasteiger partial charge in [0.15, 0.2) is 5.96 Å². The lowest BCUT2D eigenvalue weighted by Crippen LogP contribution is -2.48. The maximum Gasteiger partial charge on any atom is 0.191 e. The molecule has 0 spiro atoms. The number of thioether (sulfide) groups is 1. The molecular weight excluding hydrogens is 246 g/mol. The maximum atomic E-state index is 6.07. The van der Waals surface area contributed by atoms with Crippen LogP contribution in [0.1, 0.15) is 25.7 Å². The normalized spacial score (nSPS) is 37.0. The summed E-state index contributed by atoms with van der Waals surface area (Å²) in [5.74, 6) is 4.10. The Morgan fingerprint density at radius 2 is 2.33 bits per heavy atom. The number of hydrogen-bond acceptors (Lipinski definition) is 5. The number of guanidine groups is 1. The average Bonchev–Trinajstić information content (AvgIpc) is 3.03. The number of nitrogens with two attached hydrogens (primary N) is 1. The Morgan fingerprint density at radius 3 is 3.06 bits per heavy atom. The summed E-state index contributed by atoms with van der Waals surface area (Å²) in [5, 5.41) is 0. The van der Waals surface area contributed by atoms with Gasteiger partial charge in [-0.25, -0.2) is 0 Å². The molecule has 4 nitrogen and oxygen atoms in total. The first-order chi connectivity index (χ1) is 8.84. The molecule has 102 valence electrons. The minimum atomic E-state index is 0.371. The zero-order valence-corrected chi connectivity index (χ0v) is 11.7. The highest BCUT2D eigenvalue weighted by Crippen LogP contribution is 2.30. The van der Waals surface area contributed by atoms with E-state index in [1.165, 1.54) is 37.2 Å². The third kappa shape index (κ3) is 2.62. The lowest BCUT2D eigenvalue weighted by atomic mass is 9.95. The van der Waals surface area contributed by atoms with Gasteiger partial charge in [-0.2, -0.15) is 11.8 Å². The third-order valence-corrected chi connectivity index (χ3v) is 5.54. The predicted molar refractivity (Wildman–Crippen MR) is 76.0 cm³/mol. The minimum Gasteiger partial charge on any atom is -0.376 e. The summed E-state index contributed by atoms with van der Waals surface area (Å²) >= 11 is 2.09. The van der Waals surface area contributed by atoms with E-state index in [0.29, 0.717) is 12.1 Å². The van der Waals surface area contributed by atoms with E-state index in [1.807, 2.05) is 0 Å². The minimum absolute atomic E-state index is 0.371. The highest BCUT2D eigenvalue weighted by molar-refractivity contribution is 7.99. The Hall–Kier alpha value is -0.420. The van der Waals surface area contributed by atoms with E-state index in [-0.39, 0.29) is 0 Å². The molecule has 0 saturated carbocycles. The van der Waals surface area contributed by atoms with Gasteiger partial charge in [0.2, 0.25) is 0 Å². The standard InChI is InChI=1S/C13H23N3OS/c14-13-15-7-12(10-3-2-6-18-9-10)16(13)8-11-4-1-5-17-11/h10-12H,1-9H2,(H2,14,15). The van der Waals surface area contributed by atoms with Crippen molar-refractivity contribution in [3.05, 3.63) is 0 Å². The molecule has 0 bridgehead atoms. The van der Waals surface area contributed by atoms with Crippen LogP contribution in [-0.2, 0) is 4.74 Å². The highest BCUT2D eigenvalue weighted by Gasteiger charge is 2.35. The average molecular weight is 269 g/mol. The van der Waals surface area contributed by atoms with Gasteiger partial charge in [0, 0.05) is 13.2 Å². The van der Waals surface area contributed by atoms with E-state index >= 15 is 0 Å². The molecule has 0 amide bonds. The molecule has 3 aliphatic heterocycles. The van der Waals surface area contributed by atoms with Gasteiger partial charge in [-0.1, -0.05) is 0 Å². The maximum absolute atomic E-state index is 6.07. The number of nitrogens with zero attached hydrogens (tertiary/aromatic N) is 2. The van der Waals surface area contributed by atoms with E-state index in [2.05, 4.69) is 21.7 Å². The molecule has 3 unspecified atom stereocenters. The van der Waals surface area contributed by atoms with Crippen molar-refractivity contribution in [3.8, 4) is 0 Å². The molecule has 0 aliphatic carbocycles. The summed E-state index contributed by atoms with van der Waals surface area (Å²) in [6.45, 7) is 2.75. The second-order valence-electron chi connectivity index (χ2n) is 5.53. The Morgan fingerprint density at radius 1 is 1.39 bits per heavy atom. The van der Waals surface area contributed by atoms with Crippen molar-refractivity contribution in [1.29, 1.82) is 0 Å². The molecule has 3 atom stereocenters. The molecule has 3 aliphatic rings. The van der Waals surface area contributed by atoms with Gasteiger partial charge < -0.3 is 15.4 Å². The Labute approximate surface area is 113 Å².